The molecule has 72 valence electrons. The van der Waals surface area contributed by atoms with Gasteiger partial charge in [0, 0.05) is 17.1 Å². The summed E-state index contributed by atoms with van der Waals surface area (Å²) < 4.78 is 0. The van der Waals surface area contributed by atoms with E-state index in [4.69, 9.17) is 28.3 Å². The molecule has 5 heteroatoms. The first-order valence-corrected chi connectivity index (χ1v) is 4.55. The first kappa shape index (κ1) is 9.37. The fraction of sp³-hybridized carbons (Fsp3) is 0. The van der Waals surface area contributed by atoms with E-state index in [1.165, 1.54) is 6.20 Å². The number of halogens is 2. The van der Waals surface area contributed by atoms with E-state index in [9.17, 15) is 4.79 Å². The fourth-order valence-electron chi connectivity index (χ4n) is 1.33. The topological polar surface area (TPSA) is 53.1 Å². The number of fused-ring (bicyclic) bond motifs is 1. The lowest BCUT2D eigenvalue weighted by atomic mass is 10.2. The van der Waals surface area contributed by atoms with Crippen LogP contribution in [0.4, 0.5) is 0 Å². The summed E-state index contributed by atoms with van der Waals surface area (Å²) in [5.74, 6) is -1.03. The standard InChI is InChI=1S/C9H5Cl2NO2/c10-5-1-2-6-7(8(5)11)4(3-12-6)9(13)14/h1-3,12H,(H,13,14). The zero-order valence-electron chi connectivity index (χ0n) is 6.84. The molecule has 0 aliphatic heterocycles. The van der Waals surface area contributed by atoms with Crippen molar-refractivity contribution in [2.75, 3.05) is 0 Å². The Morgan fingerprint density at radius 3 is 2.71 bits per heavy atom. The van der Waals surface area contributed by atoms with Gasteiger partial charge in [0.05, 0.1) is 15.6 Å². The van der Waals surface area contributed by atoms with Crippen LogP contribution in [-0.2, 0) is 0 Å². The molecule has 0 spiro atoms. The summed E-state index contributed by atoms with van der Waals surface area (Å²) in [6, 6.07) is 3.31. The first-order chi connectivity index (χ1) is 6.61. The van der Waals surface area contributed by atoms with Gasteiger partial charge in [-0.1, -0.05) is 23.2 Å². The minimum absolute atomic E-state index is 0.132. The second kappa shape index (κ2) is 3.19. The zero-order chi connectivity index (χ0) is 10.3. The summed E-state index contributed by atoms with van der Waals surface area (Å²) in [5, 5.41) is 9.93. The van der Waals surface area contributed by atoms with Crippen LogP contribution in [-0.4, -0.2) is 16.1 Å². The minimum atomic E-state index is -1.03. The van der Waals surface area contributed by atoms with Crippen molar-refractivity contribution in [2.45, 2.75) is 0 Å². The van der Waals surface area contributed by atoms with E-state index < -0.39 is 5.97 Å². The molecular weight excluding hydrogens is 225 g/mol. The molecule has 14 heavy (non-hydrogen) atoms. The maximum absolute atomic E-state index is 10.8. The Morgan fingerprint density at radius 2 is 2.07 bits per heavy atom. The van der Waals surface area contributed by atoms with Crippen LogP contribution in [0.15, 0.2) is 18.3 Å². The van der Waals surface area contributed by atoms with E-state index in [0.717, 1.165) is 0 Å². The van der Waals surface area contributed by atoms with Gasteiger partial charge in [-0.3, -0.25) is 0 Å². The summed E-state index contributed by atoms with van der Waals surface area (Å²) in [7, 11) is 0. The number of nitrogens with one attached hydrogen (secondary N) is 1. The molecule has 1 aromatic heterocycles. The molecule has 0 radical (unpaired) electrons. The van der Waals surface area contributed by atoms with Gasteiger partial charge in [-0.05, 0) is 12.1 Å². The Bertz CT molecular complexity index is 519. The van der Waals surface area contributed by atoms with Gasteiger partial charge in [0.2, 0.25) is 0 Å². The lowest BCUT2D eigenvalue weighted by molar-refractivity contribution is 0.0699. The number of hydrogen-bond acceptors (Lipinski definition) is 1. The van der Waals surface area contributed by atoms with Crippen molar-refractivity contribution in [1.29, 1.82) is 0 Å². The molecule has 0 saturated carbocycles. The second-order valence-corrected chi connectivity index (χ2v) is 3.58. The minimum Gasteiger partial charge on any atom is -0.478 e. The van der Waals surface area contributed by atoms with Crippen LogP contribution in [0.5, 0.6) is 0 Å². The van der Waals surface area contributed by atoms with Crippen LogP contribution >= 0.6 is 23.2 Å². The molecule has 3 nitrogen and oxygen atoms in total. The second-order valence-electron chi connectivity index (χ2n) is 2.79. The molecule has 0 fully saturated rings. The van der Waals surface area contributed by atoms with Crippen LogP contribution < -0.4 is 0 Å². The predicted octanol–water partition coefficient (Wildman–Crippen LogP) is 3.17. The van der Waals surface area contributed by atoms with Gasteiger partial charge in [0.15, 0.2) is 0 Å². The maximum Gasteiger partial charge on any atom is 0.337 e. The third-order valence-corrected chi connectivity index (χ3v) is 2.77. The molecular formula is C9H5Cl2NO2. The maximum atomic E-state index is 10.8. The van der Waals surface area contributed by atoms with E-state index in [0.29, 0.717) is 15.9 Å². The van der Waals surface area contributed by atoms with Crippen LogP contribution in [0.25, 0.3) is 10.9 Å². The van der Waals surface area contributed by atoms with Gasteiger partial charge in [0.25, 0.3) is 0 Å². The van der Waals surface area contributed by atoms with Crippen molar-refractivity contribution in [2.24, 2.45) is 0 Å². The number of carboxylic acid groups (broad SMARTS) is 1. The van der Waals surface area contributed by atoms with Crippen molar-refractivity contribution in [3.05, 3.63) is 33.9 Å². The molecule has 0 saturated heterocycles. The SMILES string of the molecule is O=C(O)c1c[nH]c2ccc(Cl)c(Cl)c12. The van der Waals surface area contributed by atoms with E-state index in [-0.39, 0.29) is 10.6 Å². The van der Waals surface area contributed by atoms with Gasteiger partial charge in [-0.15, -0.1) is 0 Å². The number of hydrogen-bond donors (Lipinski definition) is 2. The van der Waals surface area contributed by atoms with E-state index in [2.05, 4.69) is 4.98 Å². The van der Waals surface area contributed by atoms with Crippen LogP contribution in [0.1, 0.15) is 10.4 Å². The highest BCUT2D eigenvalue weighted by atomic mass is 35.5. The Kier molecular flexibility index (Phi) is 2.13. The highest BCUT2D eigenvalue weighted by molar-refractivity contribution is 6.45. The Labute approximate surface area is 89.2 Å². The number of carbonyl (C=O) groups is 1. The quantitative estimate of drug-likeness (QED) is 0.790. The molecule has 0 aliphatic rings. The number of H-pyrrole nitrogens is 1. The van der Waals surface area contributed by atoms with Crippen molar-refractivity contribution >= 4 is 40.1 Å². The van der Waals surface area contributed by atoms with Gasteiger partial charge < -0.3 is 10.1 Å². The van der Waals surface area contributed by atoms with Crippen molar-refractivity contribution in [3.63, 3.8) is 0 Å². The molecule has 1 aromatic carbocycles. The zero-order valence-corrected chi connectivity index (χ0v) is 8.36. The molecule has 0 bridgehead atoms. The molecule has 0 unspecified atom stereocenters. The fourth-order valence-corrected chi connectivity index (χ4v) is 1.75. The van der Waals surface area contributed by atoms with Gasteiger partial charge in [-0.2, -0.15) is 0 Å². The van der Waals surface area contributed by atoms with Crippen molar-refractivity contribution in [1.82, 2.24) is 4.98 Å². The highest BCUT2D eigenvalue weighted by Gasteiger charge is 2.14. The lowest BCUT2D eigenvalue weighted by Crippen LogP contribution is -1.93. The summed E-state index contributed by atoms with van der Waals surface area (Å²) >= 11 is 11.7. The molecule has 0 atom stereocenters. The van der Waals surface area contributed by atoms with Crippen LogP contribution in [0.3, 0.4) is 0 Å². The molecule has 2 N–H and O–H groups in total. The smallest absolute Gasteiger partial charge is 0.337 e. The van der Waals surface area contributed by atoms with Crippen molar-refractivity contribution in [3.8, 4) is 0 Å². The largest absolute Gasteiger partial charge is 0.478 e. The monoisotopic (exact) mass is 229 g/mol. The summed E-state index contributed by atoms with van der Waals surface area (Å²) in [6.07, 6.45) is 1.40. The van der Waals surface area contributed by atoms with Crippen LogP contribution in [0, 0.1) is 0 Å². The number of aromatic amines is 1. The van der Waals surface area contributed by atoms with E-state index >= 15 is 0 Å². The predicted molar refractivity (Wildman–Crippen MR) is 55.3 cm³/mol. The number of rotatable bonds is 1. The summed E-state index contributed by atoms with van der Waals surface area (Å²) in [6.45, 7) is 0. The Morgan fingerprint density at radius 1 is 1.36 bits per heavy atom. The number of aromatic nitrogens is 1. The average Bonchev–Trinajstić information content (AvgIpc) is 2.55. The summed E-state index contributed by atoms with van der Waals surface area (Å²) in [4.78, 5) is 13.6. The third-order valence-electron chi connectivity index (χ3n) is 1.97. The number of benzene rings is 1. The van der Waals surface area contributed by atoms with Gasteiger partial charge in [0.1, 0.15) is 0 Å². The summed E-state index contributed by atoms with van der Waals surface area (Å²) in [5.41, 5.74) is 0.796. The lowest BCUT2D eigenvalue weighted by Gasteiger charge is -1.98. The van der Waals surface area contributed by atoms with Crippen molar-refractivity contribution < 1.29 is 9.90 Å². The Hall–Kier alpha value is -1.19. The molecule has 0 amide bonds. The van der Waals surface area contributed by atoms with E-state index in [1.807, 2.05) is 0 Å². The average molecular weight is 230 g/mol. The molecule has 2 rings (SSSR count). The first-order valence-electron chi connectivity index (χ1n) is 3.79. The van der Waals surface area contributed by atoms with Crippen LogP contribution in [0.2, 0.25) is 10.0 Å². The molecule has 1 heterocycles. The molecule has 2 aromatic rings. The third kappa shape index (κ3) is 1.25. The molecule has 0 aliphatic carbocycles. The highest BCUT2D eigenvalue weighted by Crippen LogP contribution is 2.32. The Balaban J connectivity index is 2.89. The van der Waals surface area contributed by atoms with Gasteiger partial charge in [-0.25, -0.2) is 4.79 Å². The normalized spacial score (nSPS) is 10.7. The number of carboxylic acids is 1. The number of aromatic carboxylic acids is 1. The van der Waals surface area contributed by atoms with Gasteiger partial charge >= 0.3 is 5.97 Å². The van der Waals surface area contributed by atoms with E-state index in [1.54, 1.807) is 12.1 Å².